The molecule has 0 saturated heterocycles. The summed E-state index contributed by atoms with van der Waals surface area (Å²) in [5.41, 5.74) is 4.84. The van der Waals surface area contributed by atoms with E-state index in [2.05, 4.69) is 43.5 Å². The number of halogens is 6. The third kappa shape index (κ3) is 5.41. The van der Waals surface area contributed by atoms with Gasteiger partial charge in [-0.2, -0.15) is 26.3 Å². The van der Waals surface area contributed by atoms with Gasteiger partial charge in [0, 0.05) is 35.7 Å². The summed E-state index contributed by atoms with van der Waals surface area (Å²) in [5, 5.41) is 5.28. The maximum absolute atomic E-state index is 14.8. The summed E-state index contributed by atoms with van der Waals surface area (Å²) < 4.78 is 88.7. The van der Waals surface area contributed by atoms with Crippen LogP contribution in [0, 0.1) is 46.5 Å². The number of hydrogen-bond acceptors (Lipinski definition) is 2. The van der Waals surface area contributed by atoms with Crippen LogP contribution in [0.5, 0.6) is 0 Å². The molecule has 53 heavy (non-hydrogen) atoms. The molecule has 4 aromatic carbocycles. The first kappa shape index (κ1) is 36.7. The summed E-state index contributed by atoms with van der Waals surface area (Å²) in [6.07, 6.45) is -6.93. The van der Waals surface area contributed by atoms with E-state index in [-0.39, 0.29) is 23.0 Å². The molecule has 0 radical (unpaired) electrons. The highest BCUT2D eigenvalue weighted by Crippen LogP contribution is 2.64. The number of benzene rings is 4. The summed E-state index contributed by atoms with van der Waals surface area (Å²) in [6, 6.07) is 11.1. The average molecular weight is 733 g/mol. The zero-order valence-corrected chi connectivity index (χ0v) is 30.5. The van der Waals surface area contributed by atoms with Crippen molar-refractivity contribution >= 4 is 17.5 Å². The number of alkyl halides is 6. The van der Waals surface area contributed by atoms with Crippen molar-refractivity contribution in [1.29, 1.82) is 0 Å². The molecule has 4 aliphatic carbocycles. The first-order valence-corrected chi connectivity index (χ1v) is 18.1. The minimum Gasteiger partial charge on any atom is -0.355 e. The number of nitrogens with one attached hydrogen (secondary N) is 2. The molecule has 0 aliphatic heterocycles. The molecule has 2 bridgehead atoms. The van der Waals surface area contributed by atoms with Crippen molar-refractivity contribution in [1.82, 2.24) is 5.32 Å². The Morgan fingerprint density at radius 2 is 1.06 bits per heavy atom. The largest absolute Gasteiger partial charge is 0.411 e. The number of rotatable bonds is 5. The van der Waals surface area contributed by atoms with Crippen molar-refractivity contribution in [3.63, 3.8) is 0 Å². The first-order chi connectivity index (χ1) is 24.9. The molecule has 4 aromatic rings. The van der Waals surface area contributed by atoms with E-state index in [0.717, 1.165) is 41.8 Å². The van der Waals surface area contributed by atoms with Crippen molar-refractivity contribution < 1.29 is 35.9 Å². The Morgan fingerprint density at radius 1 is 0.604 bits per heavy atom. The normalized spacial score (nSPS) is 20.7. The lowest BCUT2D eigenvalue weighted by molar-refractivity contribution is -0.288. The quantitative estimate of drug-likeness (QED) is 0.201. The van der Waals surface area contributed by atoms with E-state index in [1.54, 1.807) is 0 Å². The summed E-state index contributed by atoms with van der Waals surface area (Å²) >= 11 is 0. The number of carbonyl (C=O) groups is 2. The van der Waals surface area contributed by atoms with Gasteiger partial charge in [0.2, 0.25) is 5.41 Å². The number of anilines is 1. The van der Waals surface area contributed by atoms with Crippen LogP contribution < -0.4 is 10.6 Å². The maximum atomic E-state index is 14.8. The summed E-state index contributed by atoms with van der Waals surface area (Å²) in [5.74, 6) is 0.161. The number of amides is 2. The van der Waals surface area contributed by atoms with Crippen LogP contribution in [-0.2, 0) is 5.41 Å². The fourth-order valence-electron chi connectivity index (χ4n) is 9.97. The van der Waals surface area contributed by atoms with Crippen molar-refractivity contribution in [2.45, 2.75) is 89.9 Å². The highest BCUT2D eigenvalue weighted by atomic mass is 19.4. The monoisotopic (exact) mass is 732 g/mol. The summed E-state index contributed by atoms with van der Waals surface area (Å²) in [4.78, 5) is 25.7. The summed E-state index contributed by atoms with van der Waals surface area (Å²) in [7, 11) is 1.30. The Labute approximate surface area is 305 Å². The van der Waals surface area contributed by atoms with Crippen molar-refractivity contribution in [3.05, 3.63) is 133 Å². The lowest BCUT2D eigenvalue weighted by Gasteiger charge is -2.54. The number of carbonyl (C=O) groups excluding carboxylic acids is 2. The molecule has 4 atom stereocenters. The van der Waals surface area contributed by atoms with Gasteiger partial charge in [0.15, 0.2) is 0 Å². The Morgan fingerprint density at radius 3 is 1.55 bits per heavy atom. The van der Waals surface area contributed by atoms with Crippen LogP contribution in [0.1, 0.15) is 119 Å². The minimum absolute atomic E-state index is 0.0837. The van der Waals surface area contributed by atoms with Gasteiger partial charge in [0.1, 0.15) is 0 Å². The van der Waals surface area contributed by atoms with Gasteiger partial charge in [-0.3, -0.25) is 9.59 Å². The smallest absolute Gasteiger partial charge is 0.355 e. The third-order valence-electron chi connectivity index (χ3n) is 12.6. The molecular formula is C43H42F6N2O2. The Bertz CT molecular complexity index is 2120. The zero-order valence-electron chi connectivity index (χ0n) is 30.5. The predicted molar refractivity (Wildman–Crippen MR) is 193 cm³/mol. The zero-order chi connectivity index (χ0) is 38.4. The highest BCUT2D eigenvalue weighted by Gasteiger charge is 2.72. The molecular weight excluding hydrogens is 690 g/mol. The van der Waals surface area contributed by atoms with Crippen LogP contribution in [0.3, 0.4) is 0 Å². The van der Waals surface area contributed by atoms with Gasteiger partial charge in [0.05, 0.1) is 0 Å². The Balaban J connectivity index is 1.26. The molecule has 1 fully saturated rings. The van der Waals surface area contributed by atoms with Crippen LogP contribution >= 0.6 is 0 Å². The molecule has 4 nitrogen and oxygen atoms in total. The predicted octanol–water partition coefficient (Wildman–Crippen LogP) is 10.6. The van der Waals surface area contributed by atoms with Crippen LogP contribution in [0.15, 0.2) is 60.7 Å². The van der Waals surface area contributed by atoms with E-state index in [1.165, 1.54) is 65.3 Å². The fourth-order valence-corrected chi connectivity index (χ4v) is 9.97. The molecule has 10 heteroatoms. The van der Waals surface area contributed by atoms with Gasteiger partial charge in [-0.1, -0.05) is 49.2 Å². The third-order valence-corrected chi connectivity index (χ3v) is 12.6. The van der Waals surface area contributed by atoms with Gasteiger partial charge in [-0.25, -0.2) is 0 Å². The molecule has 278 valence electrons. The minimum atomic E-state index is -5.81. The Hall–Kier alpha value is -4.60. The van der Waals surface area contributed by atoms with Gasteiger partial charge in [-0.15, -0.1) is 0 Å². The van der Waals surface area contributed by atoms with Gasteiger partial charge in [0.25, 0.3) is 11.8 Å². The van der Waals surface area contributed by atoms with Crippen molar-refractivity contribution in [2.75, 3.05) is 12.4 Å². The lowest BCUT2D eigenvalue weighted by Crippen LogP contribution is -2.54. The average Bonchev–Trinajstić information content (AvgIpc) is 3.11. The van der Waals surface area contributed by atoms with Crippen LogP contribution in [0.2, 0.25) is 0 Å². The van der Waals surface area contributed by atoms with Crippen LogP contribution in [0.4, 0.5) is 32.0 Å². The highest BCUT2D eigenvalue weighted by molar-refractivity contribution is 6.05. The molecule has 4 aliphatic rings. The van der Waals surface area contributed by atoms with E-state index in [4.69, 9.17) is 0 Å². The van der Waals surface area contributed by atoms with Gasteiger partial charge >= 0.3 is 12.4 Å². The van der Waals surface area contributed by atoms with Crippen LogP contribution in [-0.4, -0.2) is 31.2 Å². The van der Waals surface area contributed by atoms with E-state index < -0.39 is 40.7 Å². The fraction of sp³-hybridized carbons (Fsp3) is 0.395. The van der Waals surface area contributed by atoms with E-state index in [0.29, 0.717) is 41.8 Å². The molecule has 2 N–H and O–H groups in total. The number of aryl methyl sites for hydroxylation is 2. The van der Waals surface area contributed by atoms with E-state index >= 15 is 0 Å². The van der Waals surface area contributed by atoms with Crippen LogP contribution in [0.25, 0.3) is 0 Å². The standard InChI is InChI=1S/C43H42F6N2O2/c1-21-19-32-34(24(4)23(21)3)37-31-10-8-7-9-30(31)36(32)33-20-22(2)38(25(5)35(33)37)51-40(53)27-13-17-29(18-14-27)41(42(44,45)46,43(47,48)49)28-15-11-26(12-16-28)39(52)50-6/h11-20,30-31,36-37H,7-10H2,1-6H3,(H,50,52)(H,51,53). The number of hydrogen-bond donors (Lipinski definition) is 2. The molecule has 8 rings (SSSR count). The van der Waals surface area contributed by atoms with Gasteiger partial charge in [-0.05, 0) is 145 Å². The molecule has 2 amide bonds. The van der Waals surface area contributed by atoms with Gasteiger partial charge < -0.3 is 10.6 Å². The molecule has 0 aromatic heterocycles. The topological polar surface area (TPSA) is 58.2 Å². The maximum Gasteiger partial charge on any atom is 0.411 e. The van der Waals surface area contributed by atoms with E-state index in [9.17, 15) is 35.9 Å². The van der Waals surface area contributed by atoms with E-state index in [1.807, 2.05) is 13.8 Å². The molecule has 0 spiro atoms. The second-order valence-corrected chi connectivity index (χ2v) is 15.1. The molecule has 4 unspecified atom stereocenters. The van der Waals surface area contributed by atoms with Crippen molar-refractivity contribution in [2.24, 2.45) is 11.8 Å². The summed E-state index contributed by atoms with van der Waals surface area (Å²) in [6.45, 7) is 10.5. The Kier molecular flexibility index (Phi) is 8.85. The molecule has 0 heterocycles. The molecule has 1 saturated carbocycles. The second kappa shape index (κ2) is 12.8. The second-order valence-electron chi connectivity index (χ2n) is 15.1. The first-order valence-electron chi connectivity index (χ1n) is 18.1. The van der Waals surface area contributed by atoms with Crippen molar-refractivity contribution in [3.8, 4) is 0 Å². The lowest BCUT2D eigenvalue weighted by atomic mass is 9.49. The SMILES string of the molecule is CNC(=O)c1ccc(C(c2ccc(C(=O)Nc3c(C)cc4c(c3C)C3c5c(cc(C)c(C)c5C)C4C4CCCCC34)cc2)(C(F)(F)F)C(F)(F)F)cc1.